The SMILES string of the molecule is Cc1ccc([C@@H](CNc2oc(-c3ccco3)nc2C#N)N2CCOCC2)cc1. The molecule has 1 aromatic carbocycles. The zero-order valence-electron chi connectivity index (χ0n) is 15.7. The molecule has 4 rings (SSSR count). The molecule has 0 amide bonds. The lowest BCUT2D eigenvalue weighted by Gasteiger charge is -2.35. The van der Waals surface area contributed by atoms with Crippen molar-refractivity contribution < 1.29 is 13.6 Å². The molecule has 0 spiro atoms. The van der Waals surface area contributed by atoms with E-state index in [-0.39, 0.29) is 11.7 Å². The van der Waals surface area contributed by atoms with Crippen LogP contribution in [-0.4, -0.2) is 42.7 Å². The van der Waals surface area contributed by atoms with Gasteiger partial charge in [-0.25, -0.2) is 0 Å². The van der Waals surface area contributed by atoms with Gasteiger partial charge in [-0.3, -0.25) is 4.90 Å². The standard InChI is InChI=1S/C21H22N4O3/c1-15-4-6-16(7-5-15)18(25-8-11-26-12-9-25)14-23-20-17(13-22)24-21(28-20)19-3-2-10-27-19/h2-7,10,18,23H,8-9,11-12,14H2,1H3/t18-/m1/s1. The van der Waals surface area contributed by atoms with Crippen molar-refractivity contribution in [2.24, 2.45) is 0 Å². The van der Waals surface area contributed by atoms with E-state index in [1.165, 1.54) is 11.1 Å². The first kappa shape index (κ1) is 18.3. The number of hydrogen-bond donors (Lipinski definition) is 1. The third-order valence-corrected chi connectivity index (χ3v) is 4.87. The summed E-state index contributed by atoms with van der Waals surface area (Å²) >= 11 is 0. The minimum Gasteiger partial charge on any atom is -0.459 e. The van der Waals surface area contributed by atoms with Crippen molar-refractivity contribution in [3.8, 4) is 17.7 Å². The highest BCUT2D eigenvalue weighted by atomic mass is 16.5. The minimum atomic E-state index is 0.133. The summed E-state index contributed by atoms with van der Waals surface area (Å²) in [5.41, 5.74) is 2.66. The van der Waals surface area contributed by atoms with Gasteiger partial charge < -0.3 is 18.9 Å². The predicted octanol–water partition coefficient (Wildman–Crippen LogP) is 3.60. The van der Waals surface area contributed by atoms with E-state index in [0.717, 1.165) is 26.3 Å². The van der Waals surface area contributed by atoms with Crippen LogP contribution in [0.25, 0.3) is 11.7 Å². The number of ether oxygens (including phenoxy) is 1. The van der Waals surface area contributed by atoms with Gasteiger partial charge in [0.15, 0.2) is 5.76 Å². The Balaban J connectivity index is 1.55. The third-order valence-electron chi connectivity index (χ3n) is 4.87. The number of nitriles is 1. The number of oxazole rings is 1. The lowest BCUT2D eigenvalue weighted by molar-refractivity contribution is 0.0186. The second kappa shape index (κ2) is 8.30. The highest BCUT2D eigenvalue weighted by Gasteiger charge is 2.24. The Hall–Kier alpha value is -3.08. The van der Waals surface area contributed by atoms with Crippen LogP contribution in [0.5, 0.6) is 0 Å². The van der Waals surface area contributed by atoms with Gasteiger partial charge in [-0.1, -0.05) is 29.8 Å². The first-order chi connectivity index (χ1) is 13.7. The predicted molar refractivity (Wildman–Crippen MR) is 104 cm³/mol. The molecule has 144 valence electrons. The van der Waals surface area contributed by atoms with Crippen LogP contribution in [0.15, 0.2) is 51.5 Å². The van der Waals surface area contributed by atoms with Crippen LogP contribution in [0.4, 0.5) is 5.88 Å². The Morgan fingerprint density at radius 3 is 2.68 bits per heavy atom. The van der Waals surface area contributed by atoms with E-state index < -0.39 is 0 Å². The molecule has 0 aliphatic carbocycles. The van der Waals surface area contributed by atoms with Crippen LogP contribution in [0, 0.1) is 18.3 Å². The molecule has 1 N–H and O–H groups in total. The maximum Gasteiger partial charge on any atom is 0.266 e. The molecule has 2 aromatic heterocycles. The molecule has 1 saturated heterocycles. The molecule has 0 unspecified atom stereocenters. The minimum absolute atomic E-state index is 0.133. The van der Waals surface area contributed by atoms with Gasteiger partial charge in [-0.15, -0.1) is 0 Å². The Bertz CT molecular complexity index is 935. The van der Waals surface area contributed by atoms with Gasteiger partial charge in [-0.2, -0.15) is 10.2 Å². The van der Waals surface area contributed by atoms with Crippen LogP contribution >= 0.6 is 0 Å². The highest BCUT2D eigenvalue weighted by molar-refractivity contribution is 5.54. The number of hydrogen-bond acceptors (Lipinski definition) is 7. The van der Waals surface area contributed by atoms with Crippen molar-refractivity contribution in [2.75, 3.05) is 38.2 Å². The molecular weight excluding hydrogens is 356 g/mol. The monoisotopic (exact) mass is 378 g/mol. The summed E-state index contributed by atoms with van der Waals surface area (Å²) in [6, 6.07) is 14.3. The molecule has 0 radical (unpaired) electrons. The zero-order valence-corrected chi connectivity index (χ0v) is 15.7. The summed E-state index contributed by atoms with van der Waals surface area (Å²) in [6.07, 6.45) is 1.55. The first-order valence-electron chi connectivity index (χ1n) is 9.31. The van der Waals surface area contributed by atoms with Crippen LogP contribution in [0.1, 0.15) is 22.9 Å². The summed E-state index contributed by atoms with van der Waals surface area (Å²) in [5, 5.41) is 12.7. The van der Waals surface area contributed by atoms with Crippen molar-refractivity contribution in [3.05, 3.63) is 59.5 Å². The number of furan rings is 1. The van der Waals surface area contributed by atoms with Crippen LogP contribution in [-0.2, 0) is 4.74 Å². The number of anilines is 1. The largest absolute Gasteiger partial charge is 0.459 e. The lowest BCUT2D eigenvalue weighted by atomic mass is 10.0. The molecule has 0 bridgehead atoms. The van der Waals surface area contributed by atoms with Gasteiger partial charge in [0.25, 0.3) is 5.89 Å². The van der Waals surface area contributed by atoms with Gasteiger partial charge in [-0.05, 0) is 24.6 Å². The van der Waals surface area contributed by atoms with E-state index >= 15 is 0 Å². The number of aromatic nitrogens is 1. The summed E-state index contributed by atoms with van der Waals surface area (Å²) in [4.78, 5) is 6.61. The van der Waals surface area contributed by atoms with Gasteiger partial charge in [0.1, 0.15) is 6.07 Å². The number of nitrogens with one attached hydrogen (secondary N) is 1. The van der Waals surface area contributed by atoms with Crippen molar-refractivity contribution in [3.63, 3.8) is 0 Å². The summed E-state index contributed by atoms with van der Waals surface area (Å²) in [5.74, 6) is 1.15. The number of morpholine rings is 1. The summed E-state index contributed by atoms with van der Waals surface area (Å²) in [6.45, 7) is 5.83. The molecule has 3 heterocycles. The van der Waals surface area contributed by atoms with Gasteiger partial charge in [0.2, 0.25) is 11.6 Å². The number of benzene rings is 1. The van der Waals surface area contributed by atoms with Crippen molar-refractivity contribution in [2.45, 2.75) is 13.0 Å². The maximum absolute atomic E-state index is 9.42. The number of rotatable bonds is 6. The van der Waals surface area contributed by atoms with Gasteiger partial charge in [0, 0.05) is 19.6 Å². The fraction of sp³-hybridized carbons (Fsp3) is 0.333. The van der Waals surface area contributed by atoms with E-state index in [9.17, 15) is 5.26 Å². The second-order valence-electron chi connectivity index (χ2n) is 6.74. The summed E-state index contributed by atoms with van der Waals surface area (Å²) < 4.78 is 16.6. The van der Waals surface area contributed by atoms with E-state index in [1.54, 1.807) is 18.4 Å². The maximum atomic E-state index is 9.42. The Kier molecular flexibility index (Phi) is 5.42. The second-order valence-corrected chi connectivity index (χ2v) is 6.74. The Morgan fingerprint density at radius 1 is 1.21 bits per heavy atom. The topological polar surface area (TPSA) is 87.5 Å². The average molecular weight is 378 g/mol. The van der Waals surface area contributed by atoms with Crippen molar-refractivity contribution in [1.29, 1.82) is 5.26 Å². The quantitative estimate of drug-likeness (QED) is 0.701. The first-order valence-corrected chi connectivity index (χ1v) is 9.31. The molecule has 1 aliphatic rings. The highest BCUT2D eigenvalue weighted by Crippen LogP contribution is 2.28. The lowest BCUT2D eigenvalue weighted by Crippen LogP contribution is -2.41. The van der Waals surface area contributed by atoms with Crippen LogP contribution in [0.3, 0.4) is 0 Å². The fourth-order valence-corrected chi connectivity index (χ4v) is 3.35. The Morgan fingerprint density at radius 2 is 2.00 bits per heavy atom. The number of aryl methyl sites for hydroxylation is 1. The van der Waals surface area contributed by atoms with Crippen molar-refractivity contribution >= 4 is 5.88 Å². The third kappa shape index (κ3) is 3.93. The normalized spacial score (nSPS) is 15.9. The molecule has 1 aliphatic heterocycles. The number of nitrogens with zero attached hydrogens (tertiary/aromatic N) is 3. The smallest absolute Gasteiger partial charge is 0.266 e. The van der Waals surface area contributed by atoms with E-state index in [2.05, 4.69) is 52.5 Å². The van der Waals surface area contributed by atoms with Gasteiger partial charge in [0.05, 0.1) is 25.5 Å². The van der Waals surface area contributed by atoms with E-state index in [4.69, 9.17) is 13.6 Å². The van der Waals surface area contributed by atoms with Crippen molar-refractivity contribution in [1.82, 2.24) is 9.88 Å². The zero-order chi connectivity index (χ0) is 19.3. The Labute approximate surface area is 163 Å². The molecule has 0 saturated carbocycles. The molecule has 1 fully saturated rings. The molecule has 7 heteroatoms. The van der Waals surface area contributed by atoms with E-state index in [1.807, 2.05) is 0 Å². The fourth-order valence-electron chi connectivity index (χ4n) is 3.35. The molecule has 1 atom stereocenters. The molecule has 7 nitrogen and oxygen atoms in total. The van der Waals surface area contributed by atoms with Crippen LogP contribution < -0.4 is 5.32 Å². The van der Waals surface area contributed by atoms with Gasteiger partial charge >= 0.3 is 0 Å². The molecular formula is C21H22N4O3. The van der Waals surface area contributed by atoms with E-state index in [0.29, 0.717) is 24.1 Å². The summed E-state index contributed by atoms with van der Waals surface area (Å²) in [7, 11) is 0. The molecule has 3 aromatic rings. The van der Waals surface area contributed by atoms with Crippen LogP contribution in [0.2, 0.25) is 0 Å². The average Bonchev–Trinajstić information content (AvgIpc) is 3.40. The molecule has 28 heavy (non-hydrogen) atoms.